The van der Waals surface area contributed by atoms with Crippen LogP contribution in [-0.4, -0.2) is 57.1 Å². The van der Waals surface area contributed by atoms with Crippen LogP contribution in [0.4, 0.5) is 0 Å². The number of ether oxygens (including phenoxy) is 1. The minimum Gasteiger partial charge on any atom is -0.482 e. The summed E-state index contributed by atoms with van der Waals surface area (Å²) in [5.74, 6) is 1.88. The molecule has 1 aliphatic rings. The van der Waals surface area contributed by atoms with Crippen LogP contribution in [0.3, 0.4) is 0 Å². The van der Waals surface area contributed by atoms with E-state index in [1.54, 1.807) is 18.6 Å². The maximum Gasteiger partial charge on any atom is 0.341 e. The molecule has 2 heterocycles. The average molecular weight is 345 g/mol. The molecule has 7 heteroatoms. The fourth-order valence-corrected chi connectivity index (χ4v) is 3.57. The van der Waals surface area contributed by atoms with Gasteiger partial charge in [-0.25, -0.2) is 4.79 Å². The van der Waals surface area contributed by atoms with Gasteiger partial charge >= 0.3 is 5.97 Å². The summed E-state index contributed by atoms with van der Waals surface area (Å²) in [5.41, 5.74) is 2.72. The molecule has 1 saturated heterocycles. The molecule has 0 bridgehead atoms. The predicted molar refractivity (Wildman–Crippen MR) is 93.2 cm³/mol. The minimum absolute atomic E-state index is 0.340. The third kappa shape index (κ3) is 4.46. The highest BCUT2D eigenvalue weighted by atomic mass is 32.2. The fourth-order valence-electron chi connectivity index (χ4n) is 2.59. The van der Waals surface area contributed by atoms with E-state index in [1.807, 2.05) is 30.0 Å². The maximum absolute atomic E-state index is 10.8. The van der Waals surface area contributed by atoms with Crippen molar-refractivity contribution in [3.8, 4) is 17.0 Å². The largest absolute Gasteiger partial charge is 0.482 e. The van der Waals surface area contributed by atoms with E-state index in [9.17, 15) is 4.79 Å². The Morgan fingerprint density at radius 1 is 1.29 bits per heavy atom. The van der Waals surface area contributed by atoms with Gasteiger partial charge in [0.05, 0.1) is 11.9 Å². The second-order valence-corrected chi connectivity index (χ2v) is 6.71. The number of aromatic nitrogens is 2. The smallest absolute Gasteiger partial charge is 0.341 e. The summed E-state index contributed by atoms with van der Waals surface area (Å²) < 4.78 is 5.46. The first-order chi connectivity index (χ1) is 11.7. The highest BCUT2D eigenvalue weighted by molar-refractivity contribution is 7.99. The van der Waals surface area contributed by atoms with Gasteiger partial charge in [-0.2, -0.15) is 11.8 Å². The van der Waals surface area contributed by atoms with Crippen LogP contribution >= 0.6 is 11.8 Å². The van der Waals surface area contributed by atoms with Gasteiger partial charge in [-0.15, -0.1) is 0 Å². The predicted octanol–water partition coefficient (Wildman–Crippen LogP) is 2.16. The second kappa shape index (κ2) is 8.12. The molecule has 2 aromatic rings. The SMILES string of the molecule is O=C(O)COc1ccc(-c2cnccn2)cc1CN1CCSCC1. The molecule has 3 rings (SSSR count). The first-order valence-corrected chi connectivity index (χ1v) is 8.92. The van der Waals surface area contributed by atoms with Gasteiger partial charge in [-0.05, 0) is 18.2 Å². The molecule has 126 valence electrons. The van der Waals surface area contributed by atoms with E-state index in [2.05, 4.69) is 14.9 Å². The Balaban J connectivity index is 1.86. The van der Waals surface area contributed by atoms with Crippen molar-refractivity contribution in [2.75, 3.05) is 31.2 Å². The summed E-state index contributed by atoms with van der Waals surface area (Å²) in [6, 6.07) is 5.72. The van der Waals surface area contributed by atoms with Crippen LogP contribution in [0.1, 0.15) is 5.56 Å². The summed E-state index contributed by atoms with van der Waals surface area (Å²) in [7, 11) is 0. The number of hydrogen-bond acceptors (Lipinski definition) is 6. The molecule has 24 heavy (non-hydrogen) atoms. The van der Waals surface area contributed by atoms with Crippen LogP contribution < -0.4 is 4.74 Å². The van der Waals surface area contributed by atoms with Crippen molar-refractivity contribution < 1.29 is 14.6 Å². The topological polar surface area (TPSA) is 75.5 Å². The molecule has 6 nitrogen and oxygen atoms in total. The number of carboxylic acids is 1. The normalized spacial score (nSPS) is 15.2. The lowest BCUT2D eigenvalue weighted by Crippen LogP contribution is -2.32. The van der Waals surface area contributed by atoms with Crippen LogP contribution in [0.15, 0.2) is 36.8 Å². The Kier molecular flexibility index (Phi) is 5.66. The first-order valence-electron chi connectivity index (χ1n) is 7.76. The monoisotopic (exact) mass is 345 g/mol. The zero-order valence-corrected chi connectivity index (χ0v) is 14.0. The molecular formula is C17H19N3O3S. The quantitative estimate of drug-likeness (QED) is 0.860. The van der Waals surface area contributed by atoms with Crippen LogP contribution in [0, 0.1) is 0 Å². The average Bonchev–Trinajstić information content (AvgIpc) is 2.62. The molecule has 1 aromatic carbocycles. The Bertz CT molecular complexity index is 691. The number of rotatable bonds is 6. The van der Waals surface area contributed by atoms with Crippen molar-refractivity contribution in [3.63, 3.8) is 0 Å². The van der Waals surface area contributed by atoms with Crippen molar-refractivity contribution in [1.29, 1.82) is 0 Å². The van der Waals surface area contributed by atoms with Crippen molar-refractivity contribution in [2.45, 2.75) is 6.54 Å². The number of thioether (sulfide) groups is 1. The Labute approximate surface area is 144 Å². The lowest BCUT2D eigenvalue weighted by atomic mass is 10.1. The van der Waals surface area contributed by atoms with Gasteiger partial charge in [0.15, 0.2) is 6.61 Å². The van der Waals surface area contributed by atoms with Gasteiger partial charge in [0, 0.05) is 54.7 Å². The van der Waals surface area contributed by atoms with E-state index >= 15 is 0 Å². The van der Waals surface area contributed by atoms with Gasteiger partial charge in [-0.3, -0.25) is 14.9 Å². The van der Waals surface area contributed by atoms with E-state index < -0.39 is 5.97 Å². The second-order valence-electron chi connectivity index (χ2n) is 5.48. The van der Waals surface area contributed by atoms with Gasteiger partial charge in [0.25, 0.3) is 0 Å². The summed E-state index contributed by atoms with van der Waals surface area (Å²) in [6.07, 6.45) is 5.01. The molecule has 1 aliphatic heterocycles. The molecule has 0 aliphatic carbocycles. The minimum atomic E-state index is -0.978. The van der Waals surface area contributed by atoms with Crippen molar-refractivity contribution >= 4 is 17.7 Å². The number of nitrogens with zero attached hydrogens (tertiary/aromatic N) is 3. The number of carbonyl (C=O) groups is 1. The van der Waals surface area contributed by atoms with Crippen LogP contribution in [-0.2, 0) is 11.3 Å². The Hall–Kier alpha value is -2.12. The molecule has 1 N–H and O–H groups in total. The van der Waals surface area contributed by atoms with Gasteiger partial charge in [0.1, 0.15) is 5.75 Å². The highest BCUT2D eigenvalue weighted by Gasteiger charge is 2.15. The molecule has 1 fully saturated rings. The summed E-state index contributed by atoms with van der Waals surface area (Å²) in [4.78, 5) is 21.6. The number of carboxylic acid groups (broad SMARTS) is 1. The van der Waals surface area contributed by atoms with Gasteiger partial charge in [0.2, 0.25) is 0 Å². The molecule has 0 atom stereocenters. The first kappa shape index (κ1) is 16.7. The number of benzene rings is 1. The fraction of sp³-hybridized carbons (Fsp3) is 0.353. The zero-order chi connectivity index (χ0) is 16.8. The number of aliphatic carboxylic acids is 1. The summed E-state index contributed by atoms with van der Waals surface area (Å²) in [5, 5.41) is 8.86. The molecule has 0 radical (unpaired) electrons. The third-order valence-electron chi connectivity index (χ3n) is 3.77. The standard InChI is InChI=1S/C17H19N3O3S/c21-17(22)12-23-16-2-1-13(15-10-18-3-4-19-15)9-14(16)11-20-5-7-24-8-6-20/h1-4,9-10H,5-8,11-12H2,(H,21,22). The number of hydrogen-bond donors (Lipinski definition) is 1. The van der Waals surface area contributed by atoms with Crippen LogP contribution in [0.2, 0.25) is 0 Å². The van der Waals surface area contributed by atoms with Gasteiger partial charge in [-0.1, -0.05) is 0 Å². The van der Waals surface area contributed by atoms with E-state index in [4.69, 9.17) is 9.84 Å². The molecule has 0 spiro atoms. The van der Waals surface area contributed by atoms with Crippen LogP contribution in [0.25, 0.3) is 11.3 Å². The van der Waals surface area contributed by atoms with E-state index in [0.717, 1.165) is 48.0 Å². The van der Waals surface area contributed by atoms with Crippen LogP contribution in [0.5, 0.6) is 5.75 Å². The van der Waals surface area contributed by atoms with E-state index in [0.29, 0.717) is 5.75 Å². The molecule has 0 saturated carbocycles. The van der Waals surface area contributed by atoms with E-state index in [1.165, 1.54) is 0 Å². The molecular weight excluding hydrogens is 326 g/mol. The maximum atomic E-state index is 10.8. The lowest BCUT2D eigenvalue weighted by molar-refractivity contribution is -0.139. The zero-order valence-electron chi connectivity index (χ0n) is 13.2. The van der Waals surface area contributed by atoms with Crippen molar-refractivity contribution in [1.82, 2.24) is 14.9 Å². The van der Waals surface area contributed by atoms with E-state index in [-0.39, 0.29) is 6.61 Å². The van der Waals surface area contributed by atoms with Crippen molar-refractivity contribution in [2.24, 2.45) is 0 Å². The van der Waals surface area contributed by atoms with Gasteiger partial charge < -0.3 is 9.84 Å². The molecule has 1 aromatic heterocycles. The molecule has 0 unspecified atom stereocenters. The van der Waals surface area contributed by atoms with Crippen molar-refractivity contribution in [3.05, 3.63) is 42.4 Å². The Morgan fingerprint density at radius 3 is 2.83 bits per heavy atom. The summed E-state index contributed by atoms with van der Waals surface area (Å²) in [6.45, 7) is 2.45. The Morgan fingerprint density at radius 2 is 2.12 bits per heavy atom. The lowest BCUT2D eigenvalue weighted by Gasteiger charge is -2.27. The summed E-state index contributed by atoms with van der Waals surface area (Å²) >= 11 is 1.96. The third-order valence-corrected chi connectivity index (χ3v) is 4.71. The highest BCUT2D eigenvalue weighted by Crippen LogP contribution is 2.27. The molecule has 0 amide bonds.